The zero-order valence-electron chi connectivity index (χ0n) is 39.6. The van der Waals surface area contributed by atoms with E-state index in [0.717, 1.165) is 45.0 Å². The number of aromatic nitrogens is 1. The lowest BCUT2D eigenvalue weighted by Gasteiger charge is -2.29. The molecule has 13 rings (SSSR count). The first-order chi connectivity index (χ1) is 35.7. The predicted molar refractivity (Wildman–Crippen MR) is 306 cm³/mol. The van der Waals surface area contributed by atoms with Crippen LogP contribution in [0.4, 0.5) is 17.1 Å². The van der Waals surface area contributed by atoms with E-state index in [2.05, 4.69) is 301 Å². The van der Waals surface area contributed by atoms with Gasteiger partial charge in [0.15, 0.2) is 0 Å². The largest absolute Gasteiger partial charge is 0.310 e. The molecule has 0 atom stereocenters. The van der Waals surface area contributed by atoms with Crippen molar-refractivity contribution in [1.29, 1.82) is 0 Å². The molecular weight excluding hydrogens is 869 g/mol. The van der Waals surface area contributed by atoms with Gasteiger partial charge in [-0.2, -0.15) is 0 Å². The molecule has 13 aromatic rings. The molecule has 0 unspecified atom stereocenters. The van der Waals surface area contributed by atoms with Gasteiger partial charge in [0.25, 0.3) is 0 Å². The molecular formula is C70H48N2. The summed E-state index contributed by atoms with van der Waals surface area (Å²) in [4.78, 5) is 2.44. The molecule has 0 aliphatic heterocycles. The molecule has 0 fully saturated rings. The Labute approximate surface area is 420 Å². The zero-order chi connectivity index (χ0) is 47.8. The number of hydrogen-bond donors (Lipinski definition) is 0. The SMILES string of the molecule is c1ccc(-c2ccccc2-c2ccccc2-c2ccccc2N(c2ccc(-c3ccc(-c4ccc5ccccc5c4)cc3)cc2)c2cccc(-c3ccc4c5ccccc5n(-c5ccccc5)c4c3)c2)cc1. The van der Waals surface area contributed by atoms with Crippen LogP contribution in [-0.2, 0) is 0 Å². The van der Waals surface area contributed by atoms with Gasteiger partial charge in [0.2, 0.25) is 0 Å². The van der Waals surface area contributed by atoms with Gasteiger partial charge in [-0.1, -0.05) is 231 Å². The summed E-state index contributed by atoms with van der Waals surface area (Å²) in [6.07, 6.45) is 0. The number of anilines is 3. The summed E-state index contributed by atoms with van der Waals surface area (Å²) >= 11 is 0. The lowest BCUT2D eigenvalue weighted by molar-refractivity contribution is 1.18. The maximum absolute atomic E-state index is 2.44. The summed E-state index contributed by atoms with van der Waals surface area (Å²) in [7, 11) is 0. The standard InChI is InChI=1S/C70H48N2/c1-3-19-53(20-4-1)61-26-9-10-27-62(61)63-28-11-12-29-64(63)65-30-13-15-32-68(65)71(59-43-40-51(41-44-59)50-34-36-52(37-35-50)56-39-38-49-18-7-8-21-54(49)46-56)60-25-17-22-55(47-60)57-42-45-67-66-31-14-16-33-69(66)72(70(67)48-57)58-23-5-2-6-24-58/h1-48H. The van der Waals surface area contributed by atoms with Gasteiger partial charge in [-0.15, -0.1) is 0 Å². The van der Waals surface area contributed by atoms with Crippen molar-refractivity contribution in [3.05, 3.63) is 291 Å². The minimum atomic E-state index is 1.07. The summed E-state index contributed by atoms with van der Waals surface area (Å²) in [6, 6.07) is 106. The van der Waals surface area contributed by atoms with Crippen molar-refractivity contribution >= 4 is 49.6 Å². The number of hydrogen-bond acceptors (Lipinski definition) is 1. The van der Waals surface area contributed by atoms with Crippen LogP contribution >= 0.6 is 0 Å². The summed E-state index contributed by atoms with van der Waals surface area (Å²) in [5.41, 5.74) is 20.9. The van der Waals surface area contributed by atoms with Crippen LogP contribution in [0.2, 0.25) is 0 Å². The monoisotopic (exact) mass is 916 g/mol. The number of nitrogens with zero attached hydrogens (tertiary/aromatic N) is 2. The van der Waals surface area contributed by atoms with Gasteiger partial charge in [0.1, 0.15) is 0 Å². The molecule has 2 heteroatoms. The molecule has 0 spiro atoms. The molecule has 0 aliphatic rings. The highest BCUT2D eigenvalue weighted by atomic mass is 15.1. The average molecular weight is 917 g/mol. The second-order valence-corrected chi connectivity index (χ2v) is 18.5. The van der Waals surface area contributed by atoms with Gasteiger partial charge in [-0.3, -0.25) is 0 Å². The van der Waals surface area contributed by atoms with E-state index >= 15 is 0 Å². The van der Waals surface area contributed by atoms with E-state index in [1.54, 1.807) is 0 Å². The van der Waals surface area contributed by atoms with E-state index in [9.17, 15) is 0 Å². The van der Waals surface area contributed by atoms with E-state index in [1.165, 1.54) is 77.1 Å². The third-order valence-corrected chi connectivity index (χ3v) is 14.2. The molecule has 2 nitrogen and oxygen atoms in total. The first-order valence-electron chi connectivity index (χ1n) is 24.7. The second kappa shape index (κ2) is 18.4. The summed E-state index contributed by atoms with van der Waals surface area (Å²) < 4.78 is 2.40. The maximum Gasteiger partial charge on any atom is 0.0547 e. The minimum absolute atomic E-state index is 1.07. The van der Waals surface area contributed by atoms with Crippen LogP contribution in [-0.4, -0.2) is 4.57 Å². The smallest absolute Gasteiger partial charge is 0.0547 e. The minimum Gasteiger partial charge on any atom is -0.310 e. The van der Waals surface area contributed by atoms with Gasteiger partial charge in [0.05, 0.1) is 16.7 Å². The van der Waals surface area contributed by atoms with E-state index in [1.807, 2.05) is 0 Å². The third-order valence-electron chi connectivity index (χ3n) is 14.2. The maximum atomic E-state index is 2.44. The highest BCUT2D eigenvalue weighted by Crippen LogP contribution is 2.46. The van der Waals surface area contributed by atoms with E-state index in [-0.39, 0.29) is 0 Å². The van der Waals surface area contributed by atoms with Crippen molar-refractivity contribution in [2.24, 2.45) is 0 Å². The van der Waals surface area contributed by atoms with E-state index < -0.39 is 0 Å². The Morgan fingerprint density at radius 2 is 0.722 bits per heavy atom. The molecule has 0 bridgehead atoms. The van der Waals surface area contributed by atoms with Gasteiger partial charge in [-0.25, -0.2) is 0 Å². The number of rotatable bonds is 10. The van der Waals surface area contributed by atoms with Gasteiger partial charge >= 0.3 is 0 Å². The summed E-state index contributed by atoms with van der Waals surface area (Å²) in [6.45, 7) is 0. The van der Waals surface area contributed by atoms with Crippen molar-refractivity contribution in [3.63, 3.8) is 0 Å². The molecule has 0 radical (unpaired) electrons. The van der Waals surface area contributed by atoms with Crippen molar-refractivity contribution in [2.75, 3.05) is 4.90 Å². The second-order valence-electron chi connectivity index (χ2n) is 18.5. The van der Waals surface area contributed by atoms with Crippen LogP contribution < -0.4 is 4.90 Å². The van der Waals surface area contributed by atoms with Crippen LogP contribution in [0.3, 0.4) is 0 Å². The van der Waals surface area contributed by atoms with Gasteiger partial charge in [0, 0.05) is 33.4 Å². The Kier molecular flexibility index (Phi) is 10.9. The van der Waals surface area contributed by atoms with Crippen LogP contribution in [0.15, 0.2) is 291 Å². The molecule has 12 aromatic carbocycles. The predicted octanol–water partition coefficient (Wildman–Crippen LogP) is 19.4. The zero-order valence-corrected chi connectivity index (χ0v) is 39.6. The first-order valence-corrected chi connectivity index (χ1v) is 24.7. The highest BCUT2D eigenvalue weighted by Gasteiger charge is 2.21. The van der Waals surface area contributed by atoms with Crippen LogP contribution in [0, 0.1) is 0 Å². The molecule has 0 aliphatic carbocycles. The lowest BCUT2D eigenvalue weighted by Crippen LogP contribution is -2.11. The fourth-order valence-corrected chi connectivity index (χ4v) is 10.7. The Morgan fingerprint density at radius 1 is 0.236 bits per heavy atom. The molecule has 0 saturated carbocycles. The fourth-order valence-electron chi connectivity index (χ4n) is 10.7. The summed E-state index contributed by atoms with van der Waals surface area (Å²) in [5.74, 6) is 0. The van der Waals surface area contributed by atoms with Crippen molar-refractivity contribution in [3.8, 4) is 72.4 Å². The molecule has 1 aromatic heterocycles. The Balaban J connectivity index is 0.940. The molecule has 72 heavy (non-hydrogen) atoms. The first kappa shape index (κ1) is 42.6. The molecule has 0 N–H and O–H groups in total. The Morgan fingerprint density at radius 3 is 1.47 bits per heavy atom. The van der Waals surface area contributed by atoms with Crippen LogP contribution in [0.5, 0.6) is 0 Å². The molecule has 1 heterocycles. The Hall–Kier alpha value is -9.50. The number of fused-ring (bicyclic) bond motifs is 4. The molecule has 0 amide bonds. The lowest BCUT2D eigenvalue weighted by atomic mass is 9.88. The van der Waals surface area contributed by atoms with E-state index in [0.29, 0.717) is 0 Å². The fraction of sp³-hybridized carbons (Fsp3) is 0. The van der Waals surface area contributed by atoms with E-state index in [4.69, 9.17) is 0 Å². The topological polar surface area (TPSA) is 8.17 Å². The molecule has 338 valence electrons. The van der Waals surface area contributed by atoms with Crippen molar-refractivity contribution in [1.82, 2.24) is 4.57 Å². The highest BCUT2D eigenvalue weighted by molar-refractivity contribution is 6.10. The van der Waals surface area contributed by atoms with Gasteiger partial charge < -0.3 is 9.47 Å². The Bertz CT molecular complexity index is 4070. The quantitative estimate of drug-likeness (QED) is 0.133. The third kappa shape index (κ3) is 7.82. The average Bonchev–Trinajstić information content (AvgIpc) is 3.80. The normalized spacial score (nSPS) is 11.3. The van der Waals surface area contributed by atoms with Crippen molar-refractivity contribution < 1.29 is 0 Å². The number of benzene rings is 12. The van der Waals surface area contributed by atoms with Crippen LogP contribution in [0.25, 0.3) is 105 Å². The molecule has 0 saturated heterocycles. The number of para-hydroxylation sites is 3. The van der Waals surface area contributed by atoms with Crippen molar-refractivity contribution in [2.45, 2.75) is 0 Å². The van der Waals surface area contributed by atoms with Gasteiger partial charge in [-0.05, 0) is 133 Å². The van der Waals surface area contributed by atoms with Crippen LogP contribution in [0.1, 0.15) is 0 Å². The summed E-state index contributed by atoms with van der Waals surface area (Å²) in [5, 5.41) is 4.99.